The van der Waals surface area contributed by atoms with Crippen LogP contribution in [0.15, 0.2) is 41.9 Å². The average Bonchev–Trinajstić information content (AvgIpc) is 2.62. The van der Waals surface area contributed by atoms with E-state index in [0.29, 0.717) is 25.7 Å². The van der Waals surface area contributed by atoms with Crippen molar-refractivity contribution in [2.24, 2.45) is 10.4 Å². The zero-order valence-electron chi connectivity index (χ0n) is 15.7. The highest BCUT2D eigenvalue weighted by Crippen LogP contribution is 2.19. The summed E-state index contributed by atoms with van der Waals surface area (Å²) < 4.78 is 5.66. The summed E-state index contributed by atoms with van der Waals surface area (Å²) in [6.07, 6.45) is 1.71. The number of carbonyl (C=O) groups excluding carboxylic acids is 1. The molecule has 6 heteroatoms. The van der Waals surface area contributed by atoms with Crippen LogP contribution in [0.25, 0.3) is 0 Å². The molecule has 0 unspecified atom stereocenters. The lowest BCUT2D eigenvalue weighted by molar-refractivity contribution is -0.128. The molecule has 0 aliphatic rings. The number of carbonyl (C=O) groups is 1. The lowest BCUT2D eigenvalue weighted by Gasteiger charge is -2.24. The van der Waals surface area contributed by atoms with Crippen molar-refractivity contribution in [2.75, 3.05) is 26.7 Å². The predicted octanol–water partition coefficient (Wildman–Crippen LogP) is 2.08. The highest BCUT2D eigenvalue weighted by Gasteiger charge is 2.26. The second kappa shape index (κ2) is 10.4. The smallest absolute Gasteiger partial charge is 0.227 e. The molecule has 0 saturated carbocycles. The van der Waals surface area contributed by atoms with Gasteiger partial charge in [0.25, 0.3) is 0 Å². The second-order valence-corrected chi connectivity index (χ2v) is 6.22. The van der Waals surface area contributed by atoms with Gasteiger partial charge in [0.15, 0.2) is 5.96 Å². The van der Waals surface area contributed by atoms with Crippen LogP contribution in [-0.2, 0) is 11.3 Å². The van der Waals surface area contributed by atoms with Crippen molar-refractivity contribution in [1.82, 2.24) is 16.0 Å². The Balaban J connectivity index is 2.79. The summed E-state index contributed by atoms with van der Waals surface area (Å²) >= 11 is 0. The summed E-state index contributed by atoms with van der Waals surface area (Å²) in [7, 11) is 1.64. The zero-order chi connectivity index (χ0) is 18.7. The number of para-hydroxylation sites is 1. The first-order chi connectivity index (χ1) is 11.9. The Morgan fingerprint density at radius 1 is 1.32 bits per heavy atom. The van der Waals surface area contributed by atoms with Gasteiger partial charge in [0.05, 0.1) is 12.0 Å². The number of aliphatic imine (C=N–C) groups is 1. The molecule has 0 heterocycles. The van der Waals surface area contributed by atoms with E-state index in [-0.39, 0.29) is 5.91 Å². The van der Waals surface area contributed by atoms with E-state index >= 15 is 0 Å². The van der Waals surface area contributed by atoms with Crippen molar-refractivity contribution >= 4 is 11.9 Å². The number of hydrogen-bond acceptors (Lipinski definition) is 3. The lowest BCUT2D eigenvalue weighted by Crippen LogP contribution is -2.47. The summed E-state index contributed by atoms with van der Waals surface area (Å²) in [5.41, 5.74) is 0.461. The molecule has 6 nitrogen and oxygen atoms in total. The molecule has 1 amide bonds. The van der Waals surface area contributed by atoms with E-state index in [9.17, 15) is 4.79 Å². The van der Waals surface area contributed by atoms with Crippen LogP contribution in [0.1, 0.15) is 26.3 Å². The third-order valence-electron chi connectivity index (χ3n) is 3.62. The van der Waals surface area contributed by atoms with E-state index in [1.807, 2.05) is 45.0 Å². The Kier molecular flexibility index (Phi) is 8.53. The zero-order valence-corrected chi connectivity index (χ0v) is 15.7. The van der Waals surface area contributed by atoms with Gasteiger partial charge in [-0.05, 0) is 26.8 Å². The standard InChI is InChI=1S/C19H30N4O2/c1-6-12-25-16-11-9-8-10-15(16)13-22-18(21-7-2)23-14-19(3,4)17(24)20-5/h6,8-11H,1,7,12-14H2,2-5H3,(H,20,24)(H2,21,22,23). The molecule has 0 aliphatic heterocycles. The minimum absolute atomic E-state index is 0.0148. The van der Waals surface area contributed by atoms with Gasteiger partial charge in [-0.3, -0.25) is 4.79 Å². The van der Waals surface area contributed by atoms with Crippen molar-refractivity contribution in [3.05, 3.63) is 42.5 Å². The van der Waals surface area contributed by atoms with Crippen LogP contribution in [-0.4, -0.2) is 38.6 Å². The van der Waals surface area contributed by atoms with Crippen molar-refractivity contribution in [3.63, 3.8) is 0 Å². The number of ether oxygens (including phenoxy) is 1. The Morgan fingerprint density at radius 2 is 2.04 bits per heavy atom. The molecular formula is C19H30N4O2. The Hall–Kier alpha value is -2.50. The molecule has 0 radical (unpaired) electrons. The van der Waals surface area contributed by atoms with Crippen molar-refractivity contribution in [1.29, 1.82) is 0 Å². The van der Waals surface area contributed by atoms with Crippen LogP contribution in [0.2, 0.25) is 0 Å². The number of amides is 1. The number of benzene rings is 1. The fraction of sp³-hybridized carbons (Fsp3) is 0.474. The Morgan fingerprint density at radius 3 is 2.68 bits per heavy atom. The molecule has 3 N–H and O–H groups in total. The molecule has 0 fully saturated rings. The van der Waals surface area contributed by atoms with Crippen LogP contribution >= 0.6 is 0 Å². The van der Waals surface area contributed by atoms with Crippen LogP contribution < -0.4 is 20.7 Å². The fourth-order valence-electron chi connectivity index (χ4n) is 2.15. The van der Waals surface area contributed by atoms with Crippen molar-refractivity contribution in [2.45, 2.75) is 27.3 Å². The minimum Gasteiger partial charge on any atom is -0.489 e. The normalized spacial score (nSPS) is 11.6. The lowest BCUT2D eigenvalue weighted by atomic mass is 9.92. The van der Waals surface area contributed by atoms with Gasteiger partial charge < -0.3 is 20.7 Å². The summed E-state index contributed by atoms with van der Waals surface area (Å²) in [5.74, 6) is 1.45. The van der Waals surface area contributed by atoms with Gasteiger partial charge in [-0.1, -0.05) is 30.9 Å². The predicted molar refractivity (Wildman–Crippen MR) is 103 cm³/mol. The second-order valence-electron chi connectivity index (χ2n) is 6.22. The molecule has 0 aromatic heterocycles. The first-order valence-electron chi connectivity index (χ1n) is 8.50. The Bertz CT molecular complexity index is 597. The Labute approximate surface area is 150 Å². The number of guanidine groups is 1. The number of nitrogens with zero attached hydrogens (tertiary/aromatic N) is 1. The molecule has 138 valence electrons. The van der Waals surface area contributed by atoms with E-state index < -0.39 is 5.41 Å². The maximum absolute atomic E-state index is 11.9. The molecule has 1 rings (SSSR count). The summed E-state index contributed by atoms with van der Waals surface area (Å²) in [6, 6.07) is 7.80. The quantitative estimate of drug-likeness (QED) is 0.364. The van der Waals surface area contributed by atoms with Crippen molar-refractivity contribution in [3.8, 4) is 5.75 Å². The summed E-state index contributed by atoms with van der Waals surface area (Å²) in [4.78, 5) is 16.5. The number of rotatable bonds is 9. The first kappa shape index (κ1) is 20.5. The van der Waals surface area contributed by atoms with Gasteiger partial charge in [0.1, 0.15) is 12.4 Å². The van der Waals surface area contributed by atoms with Crippen LogP contribution in [0.4, 0.5) is 0 Å². The van der Waals surface area contributed by atoms with E-state index in [1.54, 1.807) is 13.1 Å². The largest absolute Gasteiger partial charge is 0.489 e. The van der Waals surface area contributed by atoms with Gasteiger partial charge in [-0.15, -0.1) is 0 Å². The van der Waals surface area contributed by atoms with E-state index in [0.717, 1.165) is 17.9 Å². The molecule has 1 aromatic rings. The molecule has 0 aliphatic carbocycles. The van der Waals surface area contributed by atoms with Crippen LogP contribution in [0.5, 0.6) is 5.75 Å². The first-order valence-corrected chi connectivity index (χ1v) is 8.50. The van der Waals surface area contributed by atoms with E-state index in [4.69, 9.17) is 4.74 Å². The van der Waals surface area contributed by atoms with E-state index in [1.165, 1.54) is 0 Å². The number of hydrogen-bond donors (Lipinski definition) is 3. The molecular weight excluding hydrogens is 316 g/mol. The third-order valence-corrected chi connectivity index (χ3v) is 3.62. The highest BCUT2D eigenvalue weighted by atomic mass is 16.5. The van der Waals surface area contributed by atoms with Gasteiger partial charge in [0.2, 0.25) is 5.91 Å². The van der Waals surface area contributed by atoms with Crippen molar-refractivity contribution < 1.29 is 9.53 Å². The van der Waals surface area contributed by atoms with Gasteiger partial charge in [-0.2, -0.15) is 0 Å². The molecule has 0 atom stereocenters. The monoisotopic (exact) mass is 346 g/mol. The SMILES string of the molecule is C=CCOc1ccccc1CN=C(NCC)NCC(C)(C)C(=O)NC. The maximum atomic E-state index is 11.9. The van der Waals surface area contributed by atoms with Crippen LogP contribution in [0.3, 0.4) is 0 Å². The van der Waals surface area contributed by atoms with Crippen LogP contribution in [0, 0.1) is 5.41 Å². The highest BCUT2D eigenvalue weighted by molar-refractivity contribution is 5.84. The molecule has 1 aromatic carbocycles. The fourth-order valence-corrected chi connectivity index (χ4v) is 2.15. The van der Waals surface area contributed by atoms with E-state index in [2.05, 4.69) is 27.5 Å². The third kappa shape index (κ3) is 6.87. The summed E-state index contributed by atoms with van der Waals surface area (Å²) in [6.45, 7) is 11.6. The maximum Gasteiger partial charge on any atom is 0.227 e. The number of nitrogens with one attached hydrogen (secondary N) is 3. The summed E-state index contributed by atoms with van der Waals surface area (Å²) in [5, 5.41) is 9.11. The molecule has 0 spiro atoms. The molecule has 25 heavy (non-hydrogen) atoms. The molecule has 0 bridgehead atoms. The molecule has 0 saturated heterocycles. The van der Waals surface area contributed by atoms with Gasteiger partial charge in [-0.25, -0.2) is 4.99 Å². The average molecular weight is 346 g/mol. The topological polar surface area (TPSA) is 74.8 Å². The van der Waals surface area contributed by atoms with Gasteiger partial charge in [0, 0.05) is 25.7 Å². The van der Waals surface area contributed by atoms with Gasteiger partial charge >= 0.3 is 0 Å². The minimum atomic E-state index is -0.532.